The fourth-order valence-electron chi connectivity index (χ4n) is 1.44. The Morgan fingerprint density at radius 3 is 2.59 bits per heavy atom. The number of benzene rings is 1. The molecule has 0 fully saturated rings. The Balaban J connectivity index is 0.00000256. The molecule has 0 aromatic heterocycles. The number of phenols is 1. The molecule has 0 aliphatic carbocycles. The summed E-state index contributed by atoms with van der Waals surface area (Å²) in [5.74, 6) is -0.112. The summed E-state index contributed by atoms with van der Waals surface area (Å²) in [6, 6.07) is 2.72. The monoisotopic (exact) mass is 262 g/mol. The molecular formula is C10H15ClN2O4. The summed E-state index contributed by atoms with van der Waals surface area (Å²) < 4.78 is 0. The molecule has 0 saturated heterocycles. The van der Waals surface area contributed by atoms with Gasteiger partial charge < -0.3 is 15.9 Å². The van der Waals surface area contributed by atoms with Crippen LogP contribution in [-0.4, -0.2) is 21.2 Å². The summed E-state index contributed by atoms with van der Waals surface area (Å²) in [6.07, 6.45) is -0.492. The molecule has 96 valence electrons. The zero-order chi connectivity index (χ0) is 12.3. The minimum atomic E-state index is -0.877. The van der Waals surface area contributed by atoms with E-state index < -0.39 is 17.1 Å². The highest BCUT2D eigenvalue weighted by Gasteiger charge is 2.24. The fraction of sp³-hybridized carbons (Fsp3) is 0.400. The summed E-state index contributed by atoms with van der Waals surface area (Å²) >= 11 is 0. The fourth-order valence-corrected chi connectivity index (χ4v) is 1.44. The first kappa shape index (κ1) is 15.6. The topological polar surface area (TPSA) is 110 Å². The highest BCUT2D eigenvalue weighted by atomic mass is 35.5. The van der Waals surface area contributed by atoms with Gasteiger partial charge in [0.1, 0.15) is 5.75 Å². The smallest absolute Gasteiger partial charge is 0.274 e. The number of aliphatic hydroxyl groups is 1. The number of aliphatic hydroxyl groups excluding tert-OH is 1. The van der Waals surface area contributed by atoms with Crippen molar-refractivity contribution in [3.63, 3.8) is 0 Å². The van der Waals surface area contributed by atoms with Gasteiger partial charge in [-0.1, -0.05) is 6.92 Å². The largest absolute Gasteiger partial charge is 0.508 e. The third kappa shape index (κ3) is 3.55. The van der Waals surface area contributed by atoms with Crippen molar-refractivity contribution in [2.75, 3.05) is 0 Å². The molecule has 0 spiro atoms. The zero-order valence-electron chi connectivity index (χ0n) is 9.24. The predicted molar refractivity (Wildman–Crippen MR) is 65.2 cm³/mol. The van der Waals surface area contributed by atoms with Crippen LogP contribution in [0.25, 0.3) is 0 Å². The summed E-state index contributed by atoms with van der Waals surface area (Å²) in [5.41, 5.74) is 5.63. The molecule has 17 heavy (non-hydrogen) atoms. The van der Waals surface area contributed by atoms with Gasteiger partial charge in [-0.25, -0.2) is 0 Å². The lowest BCUT2D eigenvalue weighted by molar-refractivity contribution is -0.385. The summed E-state index contributed by atoms with van der Waals surface area (Å²) in [5, 5.41) is 29.5. The highest BCUT2D eigenvalue weighted by molar-refractivity contribution is 5.85. The van der Waals surface area contributed by atoms with Gasteiger partial charge in [-0.05, 0) is 18.6 Å². The Bertz CT molecular complexity index is 400. The quantitative estimate of drug-likeness (QED) is 0.562. The van der Waals surface area contributed by atoms with Gasteiger partial charge in [0.2, 0.25) is 0 Å². The van der Waals surface area contributed by atoms with Crippen LogP contribution < -0.4 is 5.73 Å². The number of nitro benzene ring substituents is 1. The first-order valence-electron chi connectivity index (χ1n) is 4.88. The van der Waals surface area contributed by atoms with Crippen molar-refractivity contribution in [1.82, 2.24) is 0 Å². The number of nitro groups is 1. The third-order valence-corrected chi connectivity index (χ3v) is 2.40. The number of nitrogens with two attached hydrogens (primary N) is 1. The highest BCUT2D eigenvalue weighted by Crippen LogP contribution is 2.29. The van der Waals surface area contributed by atoms with Crippen molar-refractivity contribution in [3.05, 3.63) is 33.9 Å². The van der Waals surface area contributed by atoms with E-state index in [1.165, 1.54) is 18.2 Å². The van der Waals surface area contributed by atoms with Crippen molar-refractivity contribution in [1.29, 1.82) is 0 Å². The van der Waals surface area contributed by atoms with Gasteiger partial charge in [-0.15, -0.1) is 12.4 Å². The number of rotatable bonds is 4. The lowest BCUT2D eigenvalue weighted by Crippen LogP contribution is -2.26. The van der Waals surface area contributed by atoms with Crippen molar-refractivity contribution in [3.8, 4) is 5.75 Å². The van der Waals surface area contributed by atoms with Crippen LogP contribution >= 0.6 is 12.4 Å². The maximum atomic E-state index is 10.7. The minimum Gasteiger partial charge on any atom is -0.508 e. The second-order valence-electron chi connectivity index (χ2n) is 3.50. The standard InChI is InChI=1S/C10H14N2O4.ClH/c1-2-9(14)10(11)7-5-6(13)3-4-8(7)12(15)16;/h3-5,9-10,13-14H,2,11H2,1H3;1H/t9-,10+;/m0./s1. The Labute approximate surface area is 105 Å². The molecule has 0 amide bonds. The Hall–Kier alpha value is -1.37. The average molecular weight is 263 g/mol. The van der Waals surface area contributed by atoms with Crippen LogP contribution in [0.15, 0.2) is 18.2 Å². The molecule has 0 bridgehead atoms. The molecule has 7 heteroatoms. The summed E-state index contributed by atoms with van der Waals surface area (Å²) in [6.45, 7) is 1.72. The first-order chi connectivity index (χ1) is 7.47. The van der Waals surface area contributed by atoms with Crippen LogP contribution in [0, 0.1) is 10.1 Å². The van der Waals surface area contributed by atoms with E-state index in [0.717, 1.165) is 0 Å². The Morgan fingerprint density at radius 1 is 1.53 bits per heavy atom. The Kier molecular flexibility index (Phi) is 5.87. The molecule has 6 nitrogen and oxygen atoms in total. The third-order valence-electron chi connectivity index (χ3n) is 2.40. The molecule has 0 unspecified atom stereocenters. The van der Waals surface area contributed by atoms with Crippen LogP contribution in [0.4, 0.5) is 5.69 Å². The van der Waals surface area contributed by atoms with E-state index in [-0.39, 0.29) is 29.4 Å². The van der Waals surface area contributed by atoms with Gasteiger partial charge in [0.15, 0.2) is 0 Å². The molecule has 0 saturated carbocycles. The van der Waals surface area contributed by atoms with Gasteiger partial charge in [0, 0.05) is 6.07 Å². The lowest BCUT2D eigenvalue weighted by atomic mass is 9.99. The van der Waals surface area contributed by atoms with Crippen LogP contribution in [0.1, 0.15) is 24.9 Å². The van der Waals surface area contributed by atoms with Crippen molar-refractivity contribution in [2.24, 2.45) is 5.73 Å². The molecule has 2 atom stereocenters. The molecule has 0 aliphatic heterocycles. The zero-order valence-corrected chi connectivity index (χ0v) is 10.1. The number of phenolic OH excluding ortho intramolecular Hbond substituents is 1. The molecule has 1 aromatic rings. The predicted octanol–water partition coefficient (Wildman–Crippen LogP) is 1.49. The number of halogens is 1. The van der Waals surface area contributed by atoms with Crippen LogP contribution in [0.2, 0.25) is 0 Å². The van der Waals surface area contributed by atoms with E-state index in [1.807, 2.05) is 0 Å². The first-order valence-corrected chi connectivity index (χ1v) is 4.88. The van der Waals surface area contributed by atoms with Crippen molar-refractivity contribution in [2.45, 2.75) is 25.5 Å². The van der Waals surface area contributed by atoms with E-state index in [1.54, 1.807) is 6.92 Å². The van der Waals surface area contributed by atoms with E-state index in [0.29, 0.717) is 6.42 Å². The molecule has 4 N–H and O–H groups in total. The number of hydrogen-bond donors (Lipinski definition) is 3. The maximum Gasteiger partial charge on any atom is 0.274 e. The molecule has 1 aromatic carbocycles. The number of aromatic hydroxyl groups is 1. The number of hydrogen-bond acceptors (Lipinski definition) is 5. The van der Waals surface area contributed by atoms with Crippen molar-refractivity contribution < 1.29 is 15.1 Å². The van der Waals surface area contributed by atoms with Gasteiger partial charge in [-0.3, -0.25) is 10.1 Å². The lowest BCUT2D eigenvalue weighted by Gasteiger charge is -2.17. The average Bonchev–Trinajstić information content (AvgIpc) is 2.26. The second kappa shape index (κ2) is 6.39. The molecule has 0 aliphatic rings. The minimum absolute atomic E-state index is 0. The van der Waals surface area contributed by atoms with E-state index in [2.05, 4.69) is 0 Å². The van der Waals surface area contributed by atoms with Gasteiger partial charge >= 0.3 is 0 Å². The van der Waals surface area contributed by atoms with E-state index >= 15 is 0 Å². The maximum absolute atomic E-state index is 10.7. The van der Waals surface area contributed by atoms with E-state index in [4.69, 9.17) is 5.73 Å². The summed E-state index contributed by atoms with van der Waals surface area (Å²) in [7, 11) is 0. The van der Waals surface area contributed by atoms with Gasteiger partial charge in [0.05, 0.1) is 22.6 Å². The van der Waals surface area contributed by atoms with Crippen LogP contribution in [0.5, 0.6) is 5.75 Å². The van der Waals surface area contributed by atoms with Crippen LogP contribution in [0.3, 0.4) is 0 Å². The second-order valence-corrected chi connectivity index (χ2v) is 3.50. The Morgan fingerprint density at radius 2 is 2.12 bits per heavy atom. The normalized spacial score (nSPS) is 13.6. The molecule has 1 rings (SSSR count). The molecular weight excluding hydrogens is 248 g/mol. The van der Waals surface area contributed by atoms with Crippen molar-refractivity contribution >= 4 is 18.1 Å². The summed E-state index contributed by atoms with van der Waals surface area (Å²) in [4.78, 5) is 10.1. The SMILES string of the molecule is CC[C@H](O)[C@H](N)c1cc(O)ccc1[N+](=O)[O-].Cl. The number of nitrogens with zero attached hydrogens (tertiary/aromatic N) is 1. The molecule has 0 heterocycles. The van der Waals surface area contributed by atoms with E-state index in [9.17, 15) is 20.3 Å². The van der Waals surface area contributed by atoms with Crippen LogP contribution in [-0.2, 0) is 0 Å². The van der Waals surface area contributed by atoms with Gasteiger partial charge in [-0.2, -0.15) is 0 Å². The van der Waals surface area contributed by atoms with Gasteiger partial charge in [0.25, 0.3) is 5.69 Å². The molecule has 0 radical (unpaired) electrons.